The number of rotatable bonds is 7. The molecule has 0 saturated heterocycles. The van der Waals surface area contributed by atoms with Crippen LogP contribution in [-0.2, 0) is 0 Å². The normalized spacial score (nSPS) is 19.8. The zero-order valence-electron chi connectivity index (χ0n) is 8.89. The van der Waals surface area contributed by atoms with Crippen molar-refractivity contribution in [2.75, 3.05) is 19.6 Å². The van der Waals surface area contributed by atoms with E-state index in [-0.39, 0.29) is 0 Å². The van der Waals surface area contributed by atoms with Crippen molar-refractivity contribution in [3.63, 3.8) is 0 Å². The van der Waals surface area contributed by atoms with Crippen molar-refractivity contribution < 1.29 is 0 Å². The van der Waals surface area contributed by atoms with E-state index < -0.39 is 0 Å². The molecule has 1 atom stereocenters. The summed E-state index contributed by atoms with van der Waals surface area (Å²) in [4.78, 5) is 0. The maximum absolute atomic E-state index is 5.54. The Balaban J connectivity index is 1.78. The summed E-state index contributed by atoms with van der Waals surface area (Å²) >= 11 is 0. The van der Waals surface area contributed by atoms with Gasteiger partial charge in [-0.05, 0) is 44.3 Å². The van der Waals surface area contributed by atoms with Gasteiger partial charge in [-0.2, -0.15) is 0 Å². The molecule has 0 spiro atoms. The van der Waals surface area contributed by atoms with Gasteiger partial charge in [0.15, 0.2) is 0 Å². The Hall–Kier alpha value is -0.0800. The second kappa shape index (κ2) is 6.39. The number of nitrogens with one attached hydrogen (secondary N) is 1. The third kappa shape index (κ3) is 4.63. The topological polar surface area (TPSA) is 38.0 Å². The smallest absolute Gasteiger partial charge is 0.00459 e. The second-order valence-corrected chi connectivity index (χ2v) is 4.47. The first-order valence-corrected chi connectivity index (χ1v) is 5.73. The van der Waals surface area contributed by atoms with Crippen LogP contribution in [0.15, 0.2) is 0 Å². The molecule has 0 heterocycles. The SMILES string of the molecule is CC(CN)CCNCCC1CCC1. The van der Waals surface area contributed by atoms with Crippen LogP contribution in [0.4, 0.5) is 0 Å². The molecule has 1 aliphatic rings. The summed E-state index contributed by atoms with van der Waals surface area (Å²) in [5.74, 6) is 1.72. The Morgan fingerprint density at radius 1 is 1.38 bits per heavy atom. The first-order valence-electron chi connectivity index (χ1n) is 5.73. The summed E-state index contributed by atoms with van der Waals surface area (Å²) in [5, 5.41) is 3.49. The summed E-state index contributed by atoms with van der Waals surface area (Å²) in [7, 11) is 0. The van der Waals surface area contributed by atoms with Crippen LogP contribution < -0.4 is 11.1 Å². The van der Waals surface area contributed by atoms with Crippen molar-refractivity contribution in [2.45, 2.75) is 39.0 Å². The Morgan fingerprint density at radius 2 is 2.15 bits per heavy atom. The van der Waals surface area contributed by atoms with Crippen LogP contribution in [0.2, 0.25) is 0 Å². The van der Waals surface area contributed by atoms with Gasteiger partial charge in [-0.1, -0.05) is 26.2 Å². The van der Waals surface area contributed by atoms with E-state index in [1.165, 1.54) is 38.6 Å². The molecule has 1 rings (SSSR count). The van der Waals surface area contributed by atoms with Gasteiger partial charge in [0.05, 0.1) is 0 Å². The molecule has 0 radical (unpaired) electrons. The van der Waals surface area contributed by atoms with Crippen molar-refractivity contribution in [1.82, 2.24) is 5.32 Å². The van der Waals surface area contributed by atoms with Crippen LogP contribution in [0, 0.1) is 11.8 Å². The molecule has 0 aliphatic heterocycles. The molecule has 2 nitrogen and oxygen atoms in total. The Kier molecular flexibility index (Phi) is 5.40. The summed E-state index contributed by atoms with van der Waals surface area (Å²) in [6.07, 6.45) is 7.02. The highest BCUT2D eigenvalue weighted by Gasteiger charge is 2.15. The highest BCUT2D eigenvalue weighted by atomic mass is 14.8. The molecule has 1 fully saturated rings. The first-order chi connectivity index (χ1) is 6.33. The van der Waals surface area contributed by atoms with Crippen LogP contribution in [-0.4, -0.2) is 19.6 Å². The molecule has 0 aromatic heterocycles. The minimum absolute atomic E-state index is 0.677. The van der Waals surface area contributed by atoms with Gasteiger partial charge < -0.3 is 11.1 Å². The van der Waals surface area contributed by atoms with Crippen molar-refractivity contribution in [1.29, 1.82) is 0 Å². The van der Waals surface area contributed by atoms with Gasteiger partial charge >= 0.3 is 0 Å². The zero-order valence-corrected chi connectivity index (χ0v) is 8.89. The molecule has 2 heteroatoms. The fourth-order valence-electron chi connectivity index (χ4n) is 1.68. The van der Waals surface area contributed by atoms with E-state index >= 15 is 0 Å². The van der Waals surface area contributed by atoms with Crippen LogP contribution in [0.5, 0.6) is 0 Å². The lowest BCUT2D eigenvalue weighted by Crippen LogP contribution is -2.24. The van der Waals surface area contributed by atoms with E-state index in [1.54, 1.807) is 0 Å². The van der Waals surface area contributed by atoms with E-state index in [0.717, 1.165) is 19.0 Å². The van der Waals surface area contributed by atoms with Crippen molar-refractivity contribution in [3.05, 3.63) is 0 Å². The van der Waals surface area contributed by atoms with Crippen molar-refractivity contribution >= 4 is 0 Å². The van der Waals surface area contributed by atoms with Crippen LogP contribution in [0.25, 0.3) is 0 Å². The fourth-order valence-corrected chi connectivity index (χ4v) is 1.68. The van der Waals surface area contributed by atoms with Gasteiger partial charge in [-0.25, -0.2) is 0 Å². The number of nitrogens with two attached hydrogens (primary N) is 1. The average Bonchev–Trinajstić information content (AvgIpc) is 2.07. The van der Waals surface area contributed by atoms with Gasteiger partial charge in [0.25, 0.3) is 0 Å². The van der Waals surface area contributed by atoms with E-state index in [2.05, 4.69) is 12.2 Å². The quantitative estimate of drug-likeness (QED) is 0.592. The largest absolute Gasteiger partial charge is 0.330 e. The average molecular weight is 184 g/mol. The van der Waals surface area contributed by atoms with Crippen LogP contribution in [0.1, 0.15) is 39.0 Å². The maximum atomic E-state index is 5.54. The summed E-state index contributed by atoms with van der Waals surface area (Å²) in [5.41, 5.74) is 5.54. The predicted molar refractivity (Wildman–Crippen MR) is 57.7 cm³/mol. The standard InChI is InChI=1S/C11H24N2/c1-10(9-12)5-7-13-8-6-11-3-2-4-11/h10-11,13H,2-9,12H2,1H3. The van der Waals surface area contributed by atoms with Gasteiger partial charge in [-0.3, -0.25) is 0 Å². The minimum atomic E-state index is 0.677. The molecule has 0 aromatic carbocycles. The molecule has 1 unspecified atom stereocenters. The van der Waals surface area contributed by atoms with E-state index in [4.69, 9.17) is 5.73 Å². The molecule has 3 N–H and O–H groups in total. The third-order valence-electron chi connectivity index (χ3n) is 3.17. The molecule has 0 amide bonds. The Morgan fingerprint density at radius 3 is 2.69 bits per heavy atom. The van der Waals surface area contributed by atoms with Crippen LogP contribution in [0.3, 0.4) is 0 Å². The highest BCUT2D eigenvalue weighted by molar-refractivity contribution is 4.70. The lowest BCUT2D eigenvalue weighted by atomic mass is 9.83. The summed E-state index contributed by atoms with van der Waals surface area (Å²) in [6.45, 7) is 5.39. The summed E-state index contributed by atoms with van der Waals surface area (Å²) < 4.78 is 0. The number of hydrogen-bond donors (Lipinski definition) is 2. The minimum Gasteiger partial charge on any atom is -0.330 e. The highest BCUT2D eigenvalue weighted by Crippen LogP contribution is 2.28. The van der Waals surface area contributed by atoms with E-state index in [0.29, 0.717) is 5.92 Å². The fraction of sp³-hybridized carbons (Fsp3) is 1.00. The predicted octanol–water partition coefficient (Wildman–Crippen LogP) is 1.75. The van der Waals surface area contributed by atoms with Gasteiger partial charge in [0, 0.05) is 0 Å². The zero-order chi connectivity index (χ0) is 9.52. The molecule has 13 heavy (non-hydrogen) atoms. The van der Waals surface area contributed by atoms with Crippen molar-refractivity contribution in [2.24, 2.45) is 17.6 Å². The Labute approximate surface area is 82.3 Å². The lowest BCUT2D eigenvalue weighted by Gasteiger charge is -2.25. The van der Waals surface area contributed by atoms with E-state index in [1.807, 2.05) is 0 Å². The molecular formula is C11H24N2. The third-order valence-corrected chi connectivity index (χ3v) is 3.17. The second-order valence-electron chi connectivity index (χ2n) is 4.47. The summed E-state index contributed by atoms with van der Waals surface area (Å²) in [6, 6.07) is 0. The molecular weight excluding hydrogens is 160 g/mol. The molecule has 1 aliphatic carbocycles. The van der Waals surface area contributed by atoms with Crippen LogP contribution >= 0.6 is 0 Å². The van der Waals surface area contributed by atoms with Crippen molar-refractivity contribution in [3.8, 4) is 0 Å². The first kappa shape index (κ1) is 11.0. The number of hydrogen-bond acceptors (Lipinski definition) is 2. The van der Waals surface area contributed by atoms with Gasteiger partial charge in [-0.15, -0.1) is 0 Å². The molecule has 1 saturated carbocycles. The van der Waals surface area contributed by atoms with Gasteiger partial charge in [0.2, 0.25) is 0 Å². The van der Waals surface area contributed by atoms with Gasteiger partial charge in [0.1, 0.15) is 0 Å². The lowest BCUT2D eigenvalue weighted by molar-refractivity contribution is 0.291. The Bertz CT molecular complexity index is 115. The monoisotopic (exact) mass is 184 g/mol. The molecule has 0 bridgehead atoms. The maximum Gasteiger partial charge on any atom is -0.00459 e. The molecule has 0 aromatic rings. The molecule has 78 valence electrons. The van der Waals surface area contributed by atoms with E-state index in [9.17, 15) is 0 Å².